The quantitative estimate of drug-likeness (QED) is 0.697. The zero-order valence-corrected chi connectivity index (χ0v) is 18.9. The predicted octanol–water partition coefficient (Wildman–Crippen LogP) is 4.11. The molecular formula is C26H31N3O3. The van der Waals surface area contributed by atoms with Crippen LogP contribution in [0, 0.1) is 5.92 Å². The number of nitrogens with one attached hydrogen (secondary N) is 2. The predicted molar refractivity (Wildman–Crippen MR) is 127 cm³/mol. The Hall–Kier alpha value is -3.41. The van der Waals surface area contributed by atoms with E-state index in [1.165, 1.54) is 0 Å². The standard InChI is InChI=1S/C26H31N3O3/c1-26(2,3)28-25(32)20-10-12-22(13-11-20)27-24(31)21-15-17-29(18-16-21)23(30)14-9-19-7-5-4-6-8-19/h4-14,21H,15-18H2,1-3H3,(H,27,31)(H,28,32)/b14-9+. The number of amides is 3. The van der Waals surface area contributed by atoms with Crippen LogP contribution in [0.15, 0.2) is 60.7 Å². The molecule has 0 spiro atoms. The highest BCUT2D eigenvalue weighted by Crippen LogP contribution is 2.20. The summed E-state index contributed by atoms with van der Waals surface area (Å²) in [6.45, 7) is 6.90. The van der Waals surface area contributed by atoms with Gasteiger partial charge >= 0.3 is 0 Å². The molecule has 2 aromatic carbocycles. The Morgan fingerprint density at radius 3 is 2.16 bits per heavy atom. The molecule has 32 heavy (non-hydrogen) atoms. The Morgan fingerprint density at radius 1 is 0.938 bits per heavy atom. The maximum atomic E-state index is 12.7. The van der Waals surface area contributed by atoms with Gasteiger partial charge in [0.2, 0.25) is 11.8 Å². The number of hydrogen-bond donors (Lipinski definition) is 2. The third-order valence-electron chi connectivity index (χ3n) is 5.30. The molecule has 3 rings (SSSR count). The summed E-state index contributed by atoms with van der Waals surface area (Å²) in [5.74, 6) is -0.365. The topological polar surface area (TPSA) is 78.5 Å². The average molecular weight is 434 g/mol. The molecule has 0 radical (unpaired) electrons. The van der Waals surface area contributed by atoms with Crippen molar-refractivity contribution in [1.29, 1.82) is 0 Å². The zero-order valence-electron chi connectivity index (χ0n) is 18.9. The fraction of sp³-hybridized carbons (Fsp3) is 0.346. The Balaban J connectivity index is 1.47. The van der Waals surface area contributed by atoms with E-state index in [-0.39, 0.29) is 29.2 Å². The molecule has 0 bridgehead atoms. The van der Waals surface area contributed by atoms with Crippen molar-refractivity contribution >= 4 is 29.5 Å². The van der Waals surface area contributed by atoms with E-state index in [1.807, 2.05) is 57.2 Å². The van der Waals surface area contributed by atoms with Gasteiger partial charge in [-0.05, 0) is 69.5 Å². The number of nitrogens with zero attached hydrogens (tertiary/aromatic N) is 1. The van der Waals surface area contributed by atoms with Crippen LogP contribution in [0.4, 0.5) is 5.69 Å². The minimum absolute atomic E-state index is 0.0307. The van der Waals surface area contributed by atoms with Gasteiger partial charge in [-0.2, -0.15) is 0 Å². The highest BCUT2D eigenvalue weighted by atomic mass is 16.2. The second-order valence-electron chi connectivity index (χ2n) is 9.11. The summed E-state index contributed by atoms with van der Waals surface area (Å²) in [6, 6.07) is 16.6. The van der Waals surface area contributed by atoms with Crippen LogP contribution in [0.1, 0.15) is 49.5 Å². The zero-order chi connectivity index (χ0) is 23.1. The normalized spacial score (nSPS) is 14.9. The summed E-state index contributed by atoms with van der Waals surface area (Å²) in [5.41, 5.74) is 1.88. The number of piperidine rings is 1. The van der Waals surface area contributed by atoms with Gasteiger partial charge < -0.3 is 15.5 Å². The van der Waals surface area contributed by atoms with Crippen molar-refractivity contribution in [3.8, 4) is 0 Å². The van der Waals surface area contributed by atoms with Crippen molar-refractivity contribution in [3.05, 3.63) is 71.8 Å². The molecule has 0 unspecified atom stereocenters. The van der Waals surface area contributed by atoms with Crippen molar-refractivity contribution in [2.45, 2.75) is 39.2 Å². The van der Waals surface area contributed by atoms with Gasteiger partial charge in [0.05, 0.1) is 0 Å². The first-order valence-corrected chi connectivity index (χ1v) is 11.0. The molecular weight excluding hydrogens is 402 g/mol. The summed E-state index contributed by atoms with van der Waals surface area (Å²) in [7, 11) is 0. The van der Waals surface area contributed by atoms with Gasteiger partial charge in [0, 0.05) is 41.9 Å². The van der Waals surface area contributed by atoms with Crippen molar-refractivity contribution in [1.82, 2.24) is 10.2 Å². The summed E-state index contributed by atoms with van der Waals surface area (Å²) in [4.78, 5) is 39.1. The molecule has 168 valence electrons. The minimum atomic E-state index is -0.308. The van der Waals surface area contributed by atoms with Crippen LogP contribution >= 0.6 is 0 Å². The first-order chi connectivity index (χ1) is 15.2. The molecule has 1 fully saturated rings. The highest BCUT2D eigenvalue weighted by molar-refractivity contribution is 5.97. The summed E-state index contributed by atoms with van der Waals surface area (Å²) >= 11 is 0. The molecule has 1 heterocycles. The average Bonchev–Trinajstić information content (AvgIpc) is 2.77. The van der Waals surface area contributed by atoms with Crippen LogP contribution in [0.25, 0.3) is 6.08 Å². The number of likely N-dealkylation sites (tertiary alicyclic amines) is 1. The number of benzene rings is 2. The first-order valence-electron chi connectivity index (χ1n) is 11.0. The maximum Gasteiger partial charge on any atom is 0.251 e. The van der Waals surface area contributed by atoms with E-state index in [1.54, 1.807) is 35.2 Å². The summed E-state index contributed by atoms with van der Waals surface area (Å²) in [6.07, 6.45) is 4.66. The van der Waals surface area contributed by atoms with Gasteiger partial charge in [0.1, 0.15) is 0 Å². The fourth-order valence-electron chi connectivity index (χ4n) is 3.56. The van der Waals surface area contributed by atoms with Gasteiger partial charge in [-0.15, -0.1) is 0 Å². The Bertz CT molecular complexity index is 968. The maximum absolute atomic E-state index is 12.7. The fourth-order valence-corrected chi connectivity index (χ4v) is 3.56. The molecule has 0 aromatic heterocycles. The number of carbonyl (C=O) groups excluding carboxylic acids is 3. The van der Waals surface area contributed by atoms with Gasteiger partial charge in [0.15, 0.2) is 0 Å². The van der Waals surface area contributed by atoms with Crippen molar-refractivity contribution < 1.29 is 14.4 Å². The molecule has 2 N–H and O–H groups in total. The smallest absolute Gasteiger partial charge is 0.251 e. The van der Waals surface area contributed by atoms with E-state index in [9.17, 15) is 14.4 Å². The molecule has 0 saturated carbocycles. The largest absolute Gasteiger partial charge is 0.347 e. The lowest BCUT2D eigenvalue weighted by atomic mass is 9.95. The SMILES string of the molecule is CC(C)(C)NC(=O)c1ccc(NC(=O)C2CCN(C(=O)/C=C/c3ccccc3)CC2)cc1. The number of hydrogen-bond acceptors (Lipinski definition) is 3. The van der Waals surface area contributed by atoms with Crippen LogP contribution < -0.4 is 10.6 Å². The first kappa shape index (κ1) is 23.3. The monoisotopic (exact) mass is 433 g/mol. The molecule has 0 atom stereocenters. The Labute approximate surface area is 189 Å². The van der Waals surface area contributed by atoms with E-state index in [4.69, 9.17) is 0 Å². The van der Waals surface area contributed by atoms with Crippen LogP contribution in [0.3, 0.4) is 0 Å². The van der Waals surface area contributed by atoms with E-state index in [2.05, 4.69) is 10.6 Å². The van der Waals surface area contributed by atoms with Gasteiger partial charge in [0.25, 0.3) is 5.91 Å². The second-order valence-corrected chi connectivity index (χ2v) is 9.11. The molecule has 6 heteroatoms. The van der Waals surface area contributed by atoms with Crippen molar-refractivity contribution in [2.24, 2.45) is 5.92 Å². The Kier molecular flexibility index (Phi) is 7.46. The van der Waals surface area contributed by atoms with Crippen LogP contribution in [-0.2, 0) is 9.59 Å². The lowest BCUT2D eigenvalue weighted by Gasteiger charge is -2.30. The molecule has 1 saturated heterocycles. The van der Waals surface area contributed by atoms with E-state index >= 15 is 0 Å². The lowest BCUT2D eigenvalue weighted by molar-refractivity contribution is -0.130. The number of rotatable bonds is 5. The van der Waals surface area contributed by atoms with Gasteiger partial charge in [-0.25, -0.2) is 0 Å². The van der Waals surface area contributed by atoms with Crippen LogP contribution in [0.5, 0.6) is 0 Å². The summed E-state index contributed by atoms with van der Waals surface area (Å²) in [5, 5.41) is 5.84. The minimum Gasteiger partial charge on any atom is -0.347 e. The molecule has 1 aliphatic rings. The molecule has 3 amide bonds. The molecule has 0 aliphatic carbocycles. The van der Waals surface area contributed by atoms with E-state index in [0.717, 1.165) is 5.56 Å². The number of carbonyl (C=O) groups is 3. The van der Waals surface area contributed by atoms with Crippen molar-refractivity contribution in [3.63, 3.8) is 0 Å². The van der Waals surface area contributed by atoms with Gasteiger partial charge in [-0.1, -0.05) is 30.3 Å². The van der Waals surface area contributed by atoms with Crippen LogP contribution in [-0.4, -0.2) is 41.2 Å². The molecule has 1 aliphatic heterocycles. The third kappa shape index (κ3) is 6.80. The van der Waals surface area contributed by atoms with Crippen LogP contribution in [0.2, 0.25) is 0 Å². The molecule has 2 aromatic rings. The second kappa shape index (κ2) is 10.3. The summed E-state index contributed by atoms with van der Waals surface area (Å²) < 4.78 is 0. The van der Waals surface area contributed by atoms with E-state index < -0.39 is 0 Å². The third-order valence-corrected chi connectivity index (χ3v) is 5.30. The Morgan fingerprint density at radius 2 is 1.56 bits per heavy atom. The number of anilines is 1. The van der Waals surface area contributed by atoms with Crippen molar-refractivity contribution in [2.75, 3.05) is 18.4 Å². The van der Waals surface area contributed by atoms with Gasteiger partial charge in [-0.3, -0.25) is 14.4 Å². The highest BCUT2D eigenvalue weighted by Gasteiger charge is 2.26. The molecule has 6 nitrogen and oxygen atoms in total. The lowest BCUT2D eigenvalue weighted by Crippen LogP contribution is -2.41. The van der Waals surface area contributed by atoms with E-state index in [0.29, 0.717) is 37.2 Å².